The fourth-order valence-electron chi connectivity index (χ4n) is 1.68. The molecule has 1 N–H and O–H groups in total. The predicted octanol–water partition coefficient (Wildman–Crippen LogP) is 2.98. The van der Waals surface area contributed by atoms with Crippen molar-refractivity contribution >= 4 is 18.0 Å². The van der Waals surface area contributed by atoms with Crippen molar-refractivity contribution in [1.82, 2.24) is 5.32 Å². The molecule has 1 fully saturated rings. The lowest BCUT2D eigenvalue weighted by Crippen LogP contribution is -2.27. The summed E-state index contributed by atoms with van der Waals surface area (Å²) in [5.41, 5.74) is 1.18. The molecule has 2 atom stereocenters. The van der Waals surface area contributed by atoms with E-state index in [1.165, 1.54) is 24.3 Å². The van der Waals surface area contributed by atoms with E-state index in [9.17, 15) is 0 Å². The highest BCUT2D eigenvalue weighted by molar-refractivity contribution is 8.00. The average molecular weight is 224 g/mol. The van der Waals surface area contributed by atoms with Gasteiger partial charge in [0.25, 0.3) is 0 Å². The van der Waals surface area contributed by atoms with Crippen LogP contribution < -0.4 is 5.32 Å². The van der Waals surface area contributed by atoms with Gasteiger partial charge in [-0.3, -0.25) is 4.99 Å². The minimum atomic E-state index is 0.633. The minimum absolute atomic E-state index is 0.633. The van der Waals surface area contributed by atoms with Gasteiger partial charge in [-0.2, -0.15) is 11.8 Å². The van der Waals surface area contributed by atoms with Crippen molar-refractivity contribution in [3.63, 3.8) is 0 Å². The highest BCUT2D eigenvalue weighted by Gasteiger charge is 2.23. The highest BCUT2D eigenvalue weighted by atomic mass is 32.2. The number of aliphatic imine (C=N–C) groups is 1. The fraction of sp³-hybridized carbons (Fsp3) is 0.583. The van der Waals surface area contributed by atoms with Crippen molar-refractivity contribution in [3.8, 4) is 0 Å². The number of allylic oxidation sites excluding steroid dienone is 2. The average Bonchev–Trinajstić information content (AvgIpc) is 2.66. The molecule has 2 nitrogen and oxygen atoms in total. The van der Waals surface area contributed by atoms with Gasteiger partial charge in [0.15, 0.2) is 0 Å². The molecule has 0 radical (unpaired) electrons. The summed E-state index contributed by atoms with van der Waals surface area (Å²) in [6, 6.07) is 0.633. The van der Waals surface area contributed by atoms with Crippen LogP contribution in [0.2, 0.25) is 0 Å². The zero-order chi connectivity index (χ0) is 11.1. The third-order valence-electron chi connectivity index (χ3n) is 2.48. The Morgan fingerprint density at radius 2 is 2.47 bits per heavy atom. The van der Waals surface area contributed by atoms with Crippen molar-refractivity contribution < 1.29 is 0 Å². The Morgan fingerprint density at radius 1 is 1.67 bits per heavy atom. The summed E-state index contributed by atoms with van der Waals surface area (Å²) in [4.78, 5) is 3.93. The van der Waals surface area contributed by atoms with E-state index < -0.39 is 0 Å². The van der Waals surface area contributed by atoms with Gasteiger partial charge < -0.3 is 5.32 Å². The molecule has 0 bridgehead atoms. The van der Waals surface area contributed by atoms with E-state index in [4.69, 9.17) is 0 Å². The number of rotatable bonds is 5. The van der Waals surface area contributed by atoms with Crippen molar-refractivity contribution in [2.24, 2.45) is 4.99 Å². The van der Waals surface area contributed by atoms with Crippen molar-refractivity contribution in [2.75, 3.05) is 5.75 Å². The monoisotopic (exact) mass is 224 g/mol. The van der Waals surface area contributed by atoms with Gasteiger partial charge in [0.2, 0.25) is 0 Å². The number of nitrogens with one attached hydrogen (secondary N) is 1. The summed E-state index contributed by atoms with van der Waals surface area (Å²) in [7, 11) is 0. The second-order valence-corrected chi connectivity index (χ2v) is 5.10. The highest BCUT2D eigenvalue weighted by Crippen LogP contribution is 2.29. The third-order valence-corrected chi connectivity index (χ3v) is 4.08. The van der Waals surface area contributed by atoms with Gasteiger partial charge in [-0.1, -0.05) is 13.5 Å². The number of thioether (sulfide) groups is 1. The van der Waals surface area contributed by atoms with E-state index in [0.29, 0.717) is 6.04 Å². The lowest BCUT2D eigenvalue weighted by Gasteiger charge is -2.13. The predicted molar refractivity (Wildman–Crippen MR) is 70.5 cm³/mol. The molecule has 0 saturated carbocycles. The van der Waals surface area contributed by atoms with E-state index in [-0.39, 0.29) is 0 Å². The molecule has 84 valence electrons. The zero-order valence-electron chi connectivity index (χ0n) is 9.57. The SMILES string of the molecule is C=CN=CC=C(C)NC1CSC(CC)C1. The Kier molecular flexibility index (Phi) is 5.54. The molecular formula is C12H20N2S. The van der Waals surface area contributed by atoms with E-state index in [1.807, 2.05) is 6.08 Å². The van der Waals surface area contributed by atoms with Crippen LogP contribution in [0.4, 0.5) is 0 Å². The molecule has 2 unspecified atom stereocenters. The molecule has 0 aromatic carbocycles. The van der Waals surface area contributed by atoms with Crippen LogP contribution in [0.1, 0.15) is 26.7 Å². The van der Waals surface area contributed by atoms with Crippen LogP contribution >= 0.6 is 11.8 Å². The first-order valence-corrected chi connectivity index (χ1v) is 6.50. The number of hydrogen-bond acceptors (Lipinski definition) is 3. The van der Waals surface area contributed by atoms with Gasteiger partial charge >= 0.3 is 0 Å². The fourth-order valence-corrected chi connectivity index (χ4v) is 3.00. The van der Waals surface area contributed by atoms with Gasteiger partial charge in [0.05, 0.1) is 0 Å². The molecule has 0 aliphatic carbocycles. The number of nitrogens with zero attached hydrogens (tertiary/aromatic N) is 1. The minimum Gasteiger partial charge on any atom is -0.385 e. The Bertz CT molecular complexity index is 258. The molecular weight excluding hydrogens is 204 g/mol. The second-order valence-electron chi connectivity index (χ2n) is 3.77. The maximum Gasteiger partial charge on any atom is 0.0359 e. The summed E-state index contributed by atoms with van der Waals surface area (Å²) in [5.74, 6) is 1.22. The van der Waals surface area contributed by atoms with Crippen LogP contribution in [0.15, 0.2) is 29.5 Å². The first-order chi connectivity index (χ1) is 7.26. The zero-order valence-corrected chi connectivity index (χ0v) is 10.4. The molecule has 0 aromatic rings. The lowest BCUT2D eigenvalue weighted by atomic mass is 10.1. The Morgan fingerprint density at radius 3 is 3.07 bits per heavy atom. The molecule has 1 aliphatic rings. The van der Waals surface area contributed by atoms with Crippen LogP contribution in [0, 0.1) is 0 Å². The van der Waals surface area contributed by atoms with Gasteiger partial charge in [-0.05, 0) is 25.8 Å². The van der Waals surface area contributed by atoms with E-state index in [2.05, 4.69) is 42.5 Å². The molecule has 1 heterocycles. The topological polar surface area (TPSA) is 24.4 Å². The molecule has 1 saturated heterocycles. The van der Waals surface area contributed by atoms with Gasteiger partial charge in [0.1, 0.15) is 0 Å². The van der Waals surface area contributed by atoms with Gasteiger partial charge in [0, 0.05) is 35.2 Å². The Balaban J connectivity index is 2.32. The molecule has 0 spiro atoms. The first-order valence-electron chi connectivity index (χ1n) is 5.45. The van der Waals surface area contributed by atoms with Crippen molar-refractivity contribution in [2.45, 2.75) is 38.0 Å². The summed E-state index contributed by atoms with van der Waals surface area (Å²) < 4.78 is 0. The first kappa shape index (κ1) is 12.4. The van der Waals surface area contributed by atoms with E-state index >= 15 is 0 Å². The summed E-state index contributed by atoms with van der Waals surface area (Å²) >= 11 is 2.08. The molecule has 1 aliphatic heterocycles. The van der Waals surface area contributed by atoms with Crippen LogP contribution in [0.5, 0.6) is 0 Å². The van der Waals surface area contributed by atoms with Crippen LogP contribution in [0.3, 0.4) is 0 Å². The maximum atomic E-state index is 3.93. The van der Waals surface area contributed by atoms with Gasteiger partial charge in [-0.25, -0.2) is 0 Å². The molecule has 15 heavy (non-hydrogen) atoms. The van der Waals surface area contributed by atoms with Crippen molar-refractivity contribution in [3.05, 3.63) is 24.6 Å². The standard InChI is InChI=1S/C12H20N2S/c1-4-12-8-11(9-15-12)14-10(3)6-7-13-5-2/h5-7,11-12,14H,2,4,8-9H2,1,3H3. The molecule has 0 amide bonds. The largest absolute Gasteiger partial charge is 0.385 e. The smallest absolute Gasteiger partial charge is 0.0359 e. The Hall–Kier alpha value is -0.700. The van der Waals surface area contributed by atoms with Gasteiger partial charge in [-0.15, -0.1) is 0 Å². The van der Waals surface area contributed by atoms with Crippen molar-refractivity contribution in [1.29, 1.82) is 0 Å². The third kappa shape index (κ3) is 4.56. The second kappa shape index (κ2) is 6.72. The normalized spacial score (nSPS) is 27.2. The van der Waals surface area contributed by atoms with Crippen LogP contribution in [0.25, 0.3) is 0 Å². The van der Waals surface area contributed by atoms with E-state index in [0.717, 1.165) is 5.25 Å². The summed E-state index contributed by atoms with van der Waals surface area (Å²) in [6.07, 6.45) is 7.87. The quantitative estimate of drug-likeness (QED) is 0.726. The maximum absolute atomic E-state index is 3.93. The molecule has 0 aromatic heterocycles. The van der Waals surface area contributed by atoms with Crippen LogP contribution in [-0.4, -0.2) is 23.3 Å². The molecule has 3 heteroatoms. The summed E-state index contributed by atoms with van der Waals surface area (Å²) in [6.45, 7) is 7.88. The lowest BCUT2D eigenvalue weighted by molar-refractivity contribution is 0.581. The van der Waals surface area contributed by atoms with Crippen LogP contribution in [-0.2, 0) is 0 Å². The Labute approximate surface area is 96.9 Å². The van der Waals surface area contributed by atoms with E-state index in [1.54, 1.807) is 12.4 Å². The molecule has 1 rings (SSSR count). The number of hydrogen-bond donors (Lipinski definition) is 1. The summed E-state index contributed by atoms with van der Waals surface area (Å²) in [5, 5.41) is 4.36.